The Balaban J connectivity index is 1.31. The molecular weight excluding hydrogens is 300 g/mol. The molecule has 2 aliphatic heterocycles. The predicted octanol–water partition coefficient (Wildman–Crippen LogP) is 2.70. The molecule has 0 spiro atoms. The first-order valence-corrected chi connectivity index (χ1v) is 9.14. The van der Waals surface area contributed by atoms with Gasteiger partial charge in [-0.1, -0.05) is 25.1 Å². The van der Waals surface area contributed by atoms with Gasteiger partial charge in [0.05, 0.1) is 0 Å². The van der Waals surface area contributed by atoms with E-state index in [2.05, 4.69) is 29.3 Å². The zero-order valence-corrected chi connectivity index (χ0v) is 14.3. The van der Waals surface area contributed by atoms with Gasteiger partial charge < -0.3 is 15.0 Å². The Morgan fingerprint density at radius 2 is 2.12 bits per heavy atom. The summed E-state index contributed by atoms with van der Waals surface area (Å²) in [5.41, 5.74) is 2.45. The van der Waals surface area contributed by atoms with Crippen LogP contribution in [0.2, 0.25) is 0 Å². The van der Waals surface area contributed by atoms with E-state index in [-0.39, 0.29) is 0 Å². The Bertz CT molecular complexity index is 651. The molecule has 3 aliphatic rings. The maximum absolute atomic E-state index is 12.2. The van der Waals surface area contributed by atoms with Gasteiger partial charge in [0.2, 0.25) is 5.91 Å². The van der Waals surface area contributed by atoms with Gasteiger partial charge in [-0.3, -0.25) is 4.79 Å². The second-order valence-electron chi connectivity index (χ2n) is 7.44. The SMILES string of the molecule is C[C@@H]1CN(C(=O)C2CC2)CC[C@@H]1NCC1=Cc2ccccc2OC1. The summed E-state index contributed by atoms with van der Waals surface area (Å²) in [5, 5.41) is 3.69. The monoisotopic (exact) mass is 326 g/mol. The lowest BCUT2D eigenvalue weighted by Crippen LogP contribution is -2.51. The summed E-state index contributed by atoms with van der Waals surface area (Å²) in [4.78, 5) is 14.3. The van der Waals surface area contributed by atoms with Crippen LogP contribution in [-0.4, -0.2) is 43.1 Å². The minimum atomic E-state index is 0.339. The molecule has 1 aliphatic carbocycles. The van der Waals surface area contributed by atoms with Crippen LogP contribution in [0.5, 0.6) is 5.75 Å². The lowest BCUT2D eigenvalue weighted by atomic mass is 9.93. The smallest absolute Gasteiger partial charge is 0.225 e. The van der Waals surface area contributed by atoms with Crippen molar-refractivity contribution in [1.82, 2.24) is 10.2 Å². The van der Waals surface area contributed by atoms with Gasteiger partial charge in [-0.2, -0.15) is 0 Å². The van der Waals surface area contributed by atoms with Gasteiger partial charge in [0.1, 0.15) is 12.4 Å². The van der Waals surface area contributed by atoms with E-state index >= 15 is 0 Å². The largest absolute Gasteiger partial charge is 0.489 e. The number of nitrogens with one attached hydrogen (secondary N) is 1. The average Bonchev–Trinajstić information content (AvgIpc) is 3.45. The van der Waals surface area contributed by atoms with E-state index < -0.39 is 0 Å². The van der Waals surface area contributed by atoms with E-state index in [0.717, 1.165) is 44.6 Å². The Kier molecular flexibility index (Phi) is 4.31. The number of nitrogens with zero attached hydrogens (tertiary/aromatic N) is 1. The molecule has 2 fully saturated rings. The highest BCUT2D eigenvalue weighted by molar-refractivity contribution is 5.81. The summed E-state index contributed by atoms with van der Waals surface area (Å²) < 4.78 is 5.82. The molecule has 1 aromatic carbocycles. The Morgan fingerprint density at radius 3 is 2.92 bits per heavy atom. The highest BCUT2D eigenvalue weighted by Crippen LogP contribution is 2.32. The van der Waals surface area contributed by atoms with E-state index in [9.17, 15) is 4.79 Å². The third-order valence-electron chi connectivity index (χ3n) is 5.43. The molecule has 2 atom stereocenters. The van der Waals surface area contributed by atoms with Crippen molar-refractivity contribution >= 4 is 12.0 Å². The maximum atomic E-state index is 12.2. The number of rotatable bonds is 4. The molecule has 24 heavy (non-hydrogen) atoms. The van der Waals surface area contributed by atoms with Crippen molar-refractivity contribution in [3.63, 3.8) is 0 Å². The number of hydrogen-bond donors (Lipinski definition) is 1. The van der Waals surface area contributed by atoms with Crippen molar-refractivity contribution in [2.24, 2.45) is 11.8 Å². The van der Waals surface area contributed by atoms with Gasteiger partial charge in [0, 0.05) is 37.2 Å². The van der Waals surface area contributed by atoms with Crippen LogP contribution in [0.15, 0.2) is 29.8 Å². The molecule has 1 aromatic rings. The number of benzene rings is 1. The molecule has 0 bridgehead atoms. The molecule has 1 N–H and O–H groups in total. The molecular formula is C20H26N2O2. The second-order valence-corrected chi connectivity index (χ2v) is 7.44. The van der Waals surface area contributed by atoms with E-state index in [1.807, 2.05) is 18.2 Å². The van der Waals surface area contributed by atoms with Crippen LogP contribution in [0.25, 0.3) is 6.08 Å². The zero-order chi connectivity index (χ0) is 16.5. The van der Waals surface area contributed by atoms with E-state index in [0.29, 0.717) is 30.4 Å². The normalized spacial score (nSPS) is 26.4. The summed E-state index contributed by atoms with van der Waals surface area (Å²) >= 11 is 0. The summed E-state index contributed by atoms with van der Waals surface area (Å²) in [6.07, 6.45) is 5.48. The van der Waals surface area contributed by atoms with Crippen molar-refractivity contribution in [1.29, 1.82) is 0 Å². The van der Waals surface area contributed by atoms with Crippen LogP contribution < -0.4 is 10.1 Å². The number of fused-ring (bicyclic) bond motifs is 1. The van der Waals surface area contributed by atoms with E-state index in [1.54, 1.807) is 0 Å². The number of hydrogen-bond acceptors (Lipinski definition) is 3. The lowest BCUT2D eigenvalue weighted by molar-refractivity contribution is -0.134. The number of carbonyl (C=O) groups excluding carboxylic acids is 1. The van der Waals surface area contributed by atoms with Crippen LogP contribution >= 0.6 is 0 Å². The van der Waals surface area contributed by atoms with Crippen LogP contribution in [-0.2, 0) is 4.79 Å². The first-order valence-electron chi connectivity index (χ1n) is 9.14. The molecule has 0 unspecified atom stereocenters. The molecule has 128 valence electrons. The molecule has 0 aromatic heterocycles. The fourth-order valence-corrected chi connectivity index (χ4v) is 3.76. The van der Waals surface area contributed by atoms with Crippen molar-refractivity contribution < 1.29 is 9.53 Å². The predicted molar refractivity (Wildman–Crippen MR) is 94.8 cm³/mol. The van der Waals surface area contributed by atoms with Gasteiger partial charge in [0.15, 0.2) is 0 Å². The average molecular weight is 326 g/mol. The standard InChI is InChI=1S/C20H26N2O2/c1-14-12-22(20(23)16-6-7-16)9-8-18(14)21-11-15-10-17-4-2-3-5-19(17)24-13-15/h2-5,10,14,16,18,21H,6-9,11-13H2,1H3/t14-,18+/m1/s1. The molecule has 2 heterocycles. The van der Waals surface area contributed by atoms with Crippen LogP contribution in [0, 0.1) is 11.8 Å². The van der Waals surface area contributed by atoms with Crippen molar-refractivity contribution in [3.05, 3.63) is 35.4 Å². The first kappa shape index (κ1) is 15.7. The number of para-hydroxylation sites is 1. The fourth-order valence-electron chi connectivity index (χ4n) is 3.76. The number of likely N-dealkylation sites (tertiary alicyclic amines) is 1. The van der Waals surface area contributed by atoms with Gasteiger partial charge >= 0.3 is 0 Å². The van der Waals surface area contributed by atoms with Crippen molar-refractivity contribution in [3.8, 4) is 5.75 Å². The van der Waals surface area contributed by atoms with E-state index in [4.69, 9.17) is 4.74 Å². The maximum Gasteiger partial charge on any atom is 0.225 e. The summed E-state index contributed by atoms with van der Waals surface area (Å²) in [6, 6.07) is 8.65. The van der Waals surface area contributed by atoms with Crippen LogP contribution in [0.4, 0.5) is 0 Å². The minimum Gasteiger partial charge on any atom is -0.489 e. The fraction of sp³-hybridized carbons (Fsp3) is 0.550. The van der Waals surface area contributed by atoms with Crippen LogP contribution in [0.3, 0.4) is 0 Å². The molecule has 1 saturated heterocycles. The number of piperidine rings is 1. The summed E-state index contributed by atoms with van der Waals surface area (Å²) in [5.74, 6) is 2.20. The molecule has 4 rings (SSSR count). The molecule has 1 saturated carbocycles. The first-order chi connectivity index (χ1) is 11.7. The summed E-state index contributed by atoms with van der Waals surface area (Å²) in [6.45, 7) is 5.57. The Labute approximate surface area is 143 Å². The number of carbonyl (C=O) groups is 1. The minimum absolute atomic E-state index is 0.339. The molecule has 0 radical (unpaired) electrons. The molecule has 4 nitrogen and oxygen atoms in total. The highest BCUT2D eigenvalue weighted by atomic mass is 16.5. The second kappa shape index (κ2) is 6.60. The Morgan fingerprint density at radius 1 is 1.29 bits per heavy atom. The van der Waals surface area contributed by atoms with Gasteiger partial charge in [-0.25, -0.2) is 0 Å². The number of amides is 1. The molecule has 4 heteroatoms. The zero-order valence-electron chi connectivity index (χ0n) is 14.3. The highest BCUT2D eigenvalue weighted by Gasteiger charge is 2.36. The third kappa shape index (κ3) is 3.34. The van der Waals surface area contributed by atoms with Gasteiger partial charge in [-0.05, 0) is 42.9 Å². The van der Waals surface area contributed by atoms with Crippen molar-refractivity contribution in [2.75, 3.05) is 26.2 Å². The Hall–Kier alpha value is -1.81. The van der Waals surface area contributed by atoms with E-state index in [1.165, 1.54) is 11.1 Å². The van der Waals surface area contributed by atoms with Gasteiger partial charge in [-0.15, -0.1) is 0 Å². The summed E-state index contributed by atoms with van der Waals surface area (Å²) in [7, 11) is 0. The quantitative estimate of drug-likeness (QED) is 0.925. The number of ether oxygens (including phenoxy) is 1. The molecule has 1 amide bonds. The van der Waals surface area contributed by atoms with Crippen LogP contribution in [0.1, 0.15) is 31.7 Å². The third-order valence-corrected chi connectivity index (χ3v) is 5.43. The lowest BCUT2D eigenvalue weighted by Gasteiger charge is -2.38. The van der Waals surface area contributed by atoms with Gasteiger partial charge in [0.25, 0.3) is 0 Å². The van der Waals surface area contributed by atoms with Crippen molar-refractivity contribution in [2.45, 2.75) is 32.2 Å². The topological polar surface area (TPSA) is 41.6 Å².